The zero-order chi connectivity index (χ0) is 11.6. The van der Waals surface area contributed by atoms with Crippen molar-refractivity contribution in [2.75, 3.05) is 19.0 Å². The maximum Gasteiger partial charge on any atom is 0.221 e. The molecule has 1 aliphatic carbocycles. The highest BCUT2D eigenvalue weighted by Gasteiger charge is 2.31. The molecule has 0 aliphatic heterocycles. The summed E-state index contributed by atoms with van der Waals surface area (Å²) in [6.45, 7) is 5.27. The fourth-order valence-electron chi connectivity index (χ4n) is 2.07. The maximum atomic E-state index is 5.17. The summed E-state index contributed by atoms with van der Waals surface area (Å²) in [6.07, 6.45) is 5.50. The summed E-state index contributed by atoms with van der Waals surface area (Å²) >= 11 is 0. The van der Waals surface area contributed by atoms with E-state index in [1.54, 1.807) is 7.11 Å². The van der Waals surface area contributed by atoms with Gasteiger partial charge in [-0.25, -0.2) is 9.97 Å². The summed E-state index contributed by atoms with van der Waals surface area (Å²) in [5, 5.41) is 3.40. The predicted molar refractivity (Wildman–Crippen MR) is 63.8 cm³/mol. The van der Waals surface area contributed by atoms with Gasteiger partial charge in [-0.2, -0.15) is 0 Å². The van der Waals surface area contributed by atoms with E-state index in [1.807, 2.05) is 6.92 Å². The van der Waals surface area contributed by atoms with Crippen LogP contribution in [0.5, 0.6) is 5.88 Å². The average Bonchev–Trinajstić information content (AvgIpc) is 2.25. The monoisotopic (exact) mass is 221 g/mol. The van der Waals surface area contributed by atoms with E-state index < -0.39 is 0 Å². The van der Waals surface area contributed by atoms with Crippen molar-refractivity contribution in [2.24, 2.45) is 5.41 Å². The van der Waals surface area contributed by atoms with Crippen molar-refractivity contribution in [3.8, 4) is 5.88 Å². The van der Waals surface area contributed by atoms with Crippen LogP contribution in [0, 0.1) is 12.3 Å². The van der Waals surface area contributed by atoms with E-state index in [0.717, 1.165) is 17.9 Å². The zero-order valence-corrected chi connectivity index (χ0v) is 10.2. The van der Waals surface area contributed by atoms with E-state index in [0.29, 0.717) is 11.3 Å². The third kappa shape index (κ3) is 2.10. The van der Waals surface area contributed by atoms with Crippen molar-refractivity contribution in [1.29, 1.82) is 0 Å². The van der Waals surface area contributed by atoms with Crippen LogP contribution >= 0.6 is 0 Å². The molecule has 0 amide bonds. The van der Waals surface area contributed by atoms with Gasteiger partial charge in [-0.05, 0) is 25.2 Å². The Hall–Kier alpha value is -1.32. The number of nitrogens with one attached hydrogen (secondary N) is 1. The first kappa shape index (κ1) is 11.2. The Balaban J connectivity index is 2.03. The molecule has 88 valence electrons. The molecule has 1 aromatic rings. The van der Waals surface area contributed by atoms with E-state index in [2.05, 4.69) is 22.2 Å². The quantitative estimate of drug-likeness (QED) is 0.848. The molecule has 1 aliphatic rings. The summed E-state index contributed by atoms with van der Waals surface area (Å²) < 4.78 is 5.17. The van der Waals surface area contributed by atoms with E-state index in [1.165, 1.54) is 25.6 Å². The van der Waals surface area contributed by atoms with Crippen molar-refractivity contribution in [3.05, 3.63) is 11.9 Å². The van der Waals surface area contributed by atoms with Crippen molar-refractivity contribution in [3.63, 3.8) is 0 Å². The Morgan fingerprint density at radius 3 is 2.75 bits per heavy atom. The molecule has 1 fully saturated rings. The van der Waals surface area contributed by atoms with Crippen molar-refractivity contribution in [1.82, 2.24) is 9.97 Å². The highest BCUT2D eigenvalue weighted by Crippen LogP contribution is 2.40. The largest absolute Gasteiger partial charge is 0.481 e. The Morgan fingerprint density at radius 2 is 2.19 bits per heavy atom. The first-order valence-corrected chi connectivity index (χ1v) is 5.74. The molecule has 0 saturated heterocycles. The molecule has 4 heteroatoms. The minimum absolute atomic E-state index is 0.449. The Bertz CT molecular complexity index is 375. The summed E-state index contributed by atoms with van der Waals surface area (Å²) in [6, 6.07) is 0. The Kier molecular flexibility index (Phi) is 2.99. The molecule has 0 spiro atoms. The Labute approximate surface area is 96.4 Å². The second-order valence-electron chi connectivity index (χ2n) is 4.87. The van der Waals surface area contributed by atoms with Crippen LogP contribution in [0.2, 0.25) is 0 Å². The molecule has 0 bridgehead atoms. The zero-order valence-electron chi connectivity index (χ0n) is 10.2. The van der Waals surface area contributed by atoms with E-state index >= 15 is 0 Å². The molecule has 16 heavy (non-hydrogen) atoms. The molecule has 1 aromatic heterocycles. The number of aromatic nitrogens is 2. The first-order valence-electron chi connectivity index (χ1n) is 5.74. The summed E-state index contributed by atoms with van der Waals surface area (Å²) in [4.78, 5) is 8.31. The van der Waals surface area contributed by atoms with Gasteiger partial charge >= 0.3 is 0 Å². The van der Waals surface area contributed by atoms with Crippen LogP contribution in [0.15, 0.2) is 6.33 Å². The number of anilines is 1. The standard InChI is InChI=1S/C12H19N3O/c1-9-10(14-8-15-11(9)16-3)13-7-12(2)5-4-6-12/h8H,4-7H2,1-3H3,(H,13,14,15). The van der Waals surface area contributed by atoms with Gasteiger partial charge in [-0.1, -0.05) is 13.3 Å². The van der Waals surface area contributed by atoms with Gasteiger partial charge in [0.05, 0.1) is 12.7 Å². The number of ether oxygens (including phenoxy) is 1. The van der Waals surface area contributed by atoms with Crippen LogP contribution in [0.1, 0.15) is 31.7 Å². The summed E-state index contributed by atoms with van der Waals surface area (Å²) in [7, 11) is 1.63. The number of rotatable bonds is 4. The minimum Gasteiger partial charge on any atom is -0.481 e. The van der Waals surface area contributed by atoms with Gasteiger partial charge in [0, 0.05) is 6.54 Å². The third-order valence-corrected chi connectivity index (χ3v) is 3.47. The van der Waals surface area contributed by atoms with Crippen LogP contribution < -0.4 is 10.1 Å². The highest BCUT2D eigenvalue weighted by molar-refractivity contribution is 5.47. The van der Waals surface area contributed by atoms with Crippen LogP contribution in [-0.4, -0.2) is 23.6 Å². The SMILES string of the molecule is COc1ncnc(NCC2(C)CCC2)c1C. The van der Waals surface area contributed by atoms with Crippen molar-refractivity contribution < 1.29 is 4.74 Å². The smallest absolute Gasteiger partial charge is 0.221 e. The van der Waals surface area contributed by atoms with Gasteiger partial charge in [0.25, 0.3) is 0 Å². The second-order valence-corrected chi connectivity index (χ2v) is 4.87. The fraction of sp³-hybridized carbons (Fsp3) is 0.667. The number of nitrogens with zero attached hydrogens (tertiary/aromatic N) is 2. The first-order chi connectivity index (χ1) is 7.64. The van der Waals surface area contributed by atoms with Crippen LogP contribution in [-0.2, 0) is 0 Å². The molecule has 1 heterocycles. The number of methoxy groups -OCH3 is 1. The molecule has 0 unspecified atom stereocenters. The van der Waals surface area contributed by atoms with E-state index in [4.69, 9.17) is 4.74 Å². The van der Waals surface area contributed by atoms with Gasteiger partial charge in [0.2, 0.25) is 5.88 Å². The predicted octanol–water partition coefficient (Wildman–Crippen LogP) is 2.40. The molecular weight excluding hydrogens is 202 g/mol. The molecule has 0 aromatic carbocycles. The number of hydrogen-bond acceptors (Lipinski definition) is 4. The molecule has 0 radical (unpaired) electrons. The molecule has 0 atom stereocenters. The van der Waals surface area contributed by atoms with Crippen molar-refractivity contribution in [2.45, 2.75) is 33.1 Å². The van der Waals surface area contributed by atoms with Gasteiger partial charge in [-0.3, -0.25) is 0 Å². The minimum atomic E-state index is 0.449. The lowest BCUT2D eigenvalue weighted by molar-refractivity contribution is 0.179. The van der Waals surface area contributed by atoms with Gasteiger partial charge in [-0.15, -0.1) is 0 Å². The van der Waals surface area contributed by atoms with Crippen LogP contribution in [0.25, 0.3) is 0 Å². The molecule has 1 saturated carbocycles. The lowest BCUT2D eigenvalue weighted by atomic mass is 9.70. The summed E-state index contributed by atoms with van der Waals surface area (Å²) in [5.41, 5.74) is 1.43. The number of hydrogen-bond donors (Lipinski definition) is 1. The molecule has 2 rings (SSSR count). The van der Waals surface area contributed by atoms with Crippen molar-refractivity contribution >= 4 is 5.82 Å². The van der Waals surface area contributed by atoms with Crippen LogP contribution in [0.3, 0.4) is 0 Å². The lowest BCUT2D eigenvalue weighted by Crippen LogP contribution is -2.33. The molecular formula is C12H19N3O. The molecule has 1 N–H and O–H groups in total. The Morgan fingerprint density at radius 1 is 1.44 bits per heavy atom. The third-order valence-electron chi connectivity index (χ3n) is 3.47. The van der Waals surface area contributed by atoms with E-state index in [-0.39, 0.29) is 0 Å². The van der Waals surface area contributed by atoms with Gasteiger partial charge in [0.15, 0.2) is 0 Å². The molecule has 4 nitrogen and oxygen atoms in total. The van der Waals surface area contributed by atoms with Gasteiger partial charge < -0.3 is 10.1 Å². The fourth-order valence-corrected chi connectivity index (χ4v) is 2.07. The lowest BCUT2D eigenvalue weighted by Gasteiger charge is -2.38. The normalized spacial score (nSPS) is 17.7. The van der Waals surface area contributed by atoms with Gasteiger partial charge in [0.1, 0.15) is 12.1 Å². The van der Waals surface area contributed by atoms with Crippen LogP contribution in [0.4, 0.5) is 5.82 Å². The van der Waals surface area contributed by atoms with E-state index in [9.17, 15) is 0 Å². The topological polar surface area (TPSA) is 47.0 Å². The average molecular weight is 221 g/mol. The highest BCUT2D eigenvalue weighted by atomic mass is 16.5. The maximum absolute atomic E-state index is 5.17. The second kappa shape index (κ2) is 4.28. The summed E-state index contributed by atoms with van der Waals surface area (Å²) in [5.74, 6) is 1.54.